The van der Waals surface area contributed by atoms with E-state index in [9.17, 15) is 19.8 Å². The number of carbonyl (C=O) groups is 2. The Balaban J connectivity index is 1.79. The molecule has 2 aliphatic rings. The molecule has 160 valence electrons. The Kier molecular flexibility index (Phi) is 9.16. The van der Waals surface area contributed by atoms with Crippen LogP contribution in [-0.4, -0.2) is 39.3 Å². The SMILES string of the molecule is CCCC1([C@H](O)C/C=C/[C@H]2C(O)CC(=O)C2CCCCCCC(=O)O)CCC1. The van der Waals surface area contributed by atoms with E-state index in [0.717, 1.165) is 51.4 Å². The standard InChI is InChI=1S/C23H38O5/c1-2-13-23(14-8-15-23)21(26)11-7-10-18-17(19(24)16-20(18)25)9-5-3-4-6-12-22(27)28/h7,10,17-18,20-21,25-26H,2-6,8-9,11-16H2,1H3,(H,27,28)/b10-7+/t17?,18-,20?,21-/m1/s1. The number of aliphatic hydroxyl groups excluding tert-OH is 2. The molecule has 28 heavy (non-hydrogen) atoms. The van der Waals surface area contributed by atoms with Crippen molar-refractivity contribution in [1.82, 2.24) is 0 Å². The number of carboxylic acids is 1. The van der Waals surface area contributed by atoms with E-state index in [1.54, 1.807) is 0 Å². The second-order valence-electron chi connectivity index (χ2n) is 8.91. The third-order valence-corrected chi connectivity index (χ3v) is 6.91. The molecule has 2 unspecified atom stereocenters. The first kappa shape index (κ1) is 23.1. The molecule has 3 N–H and O–H groups in total. The predicted octanol–water partition coefficient (Wildman–Crippen LogP) is 4.26. The van der Waals surface area contributed by atoms with Gasteiger partial charge < -0.3 is 15.3 Å². The molecular formula is C23H38O5. The van der Waals surface area contributed by atoms with Gasteiger partial charge in [-0.25, -0.2) is 0 Å². The normalized spacial score (nSPS) is 27.8. The monoisotopic (exact) mass is 394 g/mol. The van der Waals surface area contributed by atoms with E-state index in [4.69, 9.17) is 5.11 Å². The summed E-state index contributed by atoms with van der Waals surface area (Å²) in [7, 11) is 0. The number of aliphatic hydroxyl groups is 2. The molecule has 2 saturated carbocycles. The van der Waals surface area contributed by atoms with Crippen LogP contribution in [0.2, 0.25) is 0 Å². The summed E-state index contributed by atoms with van der Waals surface area (Å²) in [5.41, 5.74) is 0.0819. The fourth-order valence-corrected chi connectivity index (χ4v) is 5.08. The molecule has 5 heteroatoms. The molecule has 5 nitrogen and oxygen atoms in total. The van der Waals surface area contributed by atoms with Crippen LogP contribution in [0.5, 0.6) is 0 Å². The fourth-order valence-electron chi connectivity index (χ4n) is 5.08. The lowest BCUT2D eigenvalue weighted by atomic mass is 9.62. The van der Waals surface area contributed by atoms with Crippen LogP contribution in [0.25, 0.3) is 0 Å². The van der Waals surface area contributed by atoms with Crippen molar-refractivity contribution >= 4 is 11.8 Å². The largest absolute Gasteiger partial charge is 0.481 e. The first-order valence-corrected chi connectivity index (χ1v) is 11.2. The van der Waals surface area contributed by atoms with Crippen molar-refractivity contribution in [3.8, 4) is 0 Å². The lowest BCUT2D eigenvalue weighted by Gasteiger charge is -2.45. The van der Waals surface area contributed by atoms with E-state index in [1.165, 1.54) is 6.42 Å². The number of rotatable bonds is 13. The lowest BCUT2D eigenvalue weighted by molar-refractivity contribution is -0.137. The molecule has 0 bridgehead atoms. The zero-order valence-corrected chi connectivity index (χ0v) is 17.3. The number of unbranched alkanes of at least 4 members (excludes halogenated alkanes) is 3. The number of carbonyl (C=O) groups excluding carboxylic acids is 1. The molecule has 2 fully saturated rings. The van der Waals surface area contributed by atoms with Crippen molar-refractivity contribution in [3.63, 3.8) is 0 Å². The highest BCUT2D eigenvalue weighted by atomic mass is 16.4. The van der Waals surface area contributed by atoms with Gasteiger partial charge in [0.2, 0.25) is 0 Å². The highest BCUT2D eigenvalue weighted by Gasteiger charge is 2.42. The molecule has 4 atom stereocenters. The Morgan fingerprint density at radius 3 is 2.57 bits per heavy atom. The Bertz CT molecular complexity index is 537. The second kappa shape index (κ2) is 11.1. The minimum absolute atomic E-state index is 0.0819. The predicted molar refractivity (Wildman–Crippen MR) is 109 cm³/mol. The van der Waals surface area contributed by atoms with Crippen molar-refractivity contribution in [2.75, 3.05) is 0 Å². The highest BCUT2D eigenvalue weighted by Crippen LogP contribution is 2.48. The van der Waals surface area contributed by atoms with E-state index in [0.29, 0.717) is 12.8 Å². The lowest BCUT2D eigenvalue weighted by Crippen LogP contribution is -2.41. The van der Waals surface area contributed by atoms with Gasteiger partial charge in [0.25, 0.3) is 0 Å². The number of ketones is 1. The average molecular weight is 395 g/mol. The summed E-state index contributed by atoms with van der Waals surface area (Å²) in [6.07, 6.45) is 13.7. The first-order chi connectivity index (χ1) is 13.4. The van der Waals surface area contributed by atoms with Gasteiger partial charge in [-0.05, 0) is 43.9 Å². The van der Waals surface area contributed by atoms with Crippen molar-refractivity contribution in [3.05, 3.63) is 12.2 Å². The topological polar surface area (TPSA) is 94.8 Å². The summed E-state index contributed by atoms with van der Waals surface area (Å²) in [5, 5.41) is 29.6. The maximum Gasteiger partial charge on any atom is 0.303 e. The zero-order valence-electron chi connectivity index (χ0n) is 17.3. The molecular weight excluding hydrogens is 356 g/mol. The Morgan fingerprint density at radius 2 is 1.96 bits per heavy atom. The van der Waals surface area contributed by atoms with Gasteiger partial charge in [0.1, 0.15) is 5.78 Å². The molecule has 0 spiro atoms. The van der Waals surface area contributed by atoms with Gasteiger partial charge in [0.15, 0.2) is 0 Å². The summed E-state index contributed by atoms with van der Waals surface area (Å²) in [4.78, 5) is 22.8. The third kappa shape index (κ3) is 6.15. The van der Waals surface area contributed by atoms with Gasteiger partial charge in [0, 0.05) is 24.7 Å². The summed E-state index contributed by atoms with van der Waals surface area (Å²) in [6, 6.07) is 0. The van der Waals surface area contributed by atoms with Gasteiger partial charge in [-0.1, -0.05) is 51.2 Å². The molecule has 2 rings (SSSR count). The molecule has 2 aliphatic carbocycles. The molecule has 0 aromatic heterocycles. The first-order valence-electron chi connectivity index (χ1n) is 11.2. The van der Waals surface area contributed by atoms with Crippen molar-refractivity contribution in [2.24, 2.45) is 17.3 Å². The van der Waals surface area contributed by atoms with Crippen molar-refractivity contribution in [2.45, 2.75) is 103 Å². The Hall–Kier alpha value is -1.20. The van der Waals surface area contributed by atoms with Crippen LogP contribution in [0, 0.1) is 17.3 Å². The summed E-state index contributed by atoms with van der Waals surface area (Å²) in [6.45, 7) is 2.16. The Morgan fingerprint density at radius 1 is 1.25 bits per heavy atom. The number of hydrogen-bond acceptors (Lipinski definition) is 4. The van der Waals surface area contributed by atoms with Crippen LogP contribution >= 0.6 is 0 Å². The van der Waals surface area contributed by atoms with E-state index in [1.807, 2.05) is 12.2 Å². The highest BCUT2D eigenvalue weighted by molar-refractivity contribution is 5.84. The average Bonchev–Trinajstić information content (AvgIpc) is 2.87. The fraction of sp³-hybridized carbons (Fsp3) is 0.826. The molecule has 0 heterocycles. The number of aliphatic carboxylic acids is 1. The smallest absolute Gasteiger partial charge is 0.303 e. The number of hydrogen-bond donors (Lipinski definition) is 3. The minimum atomic E-state index is -0.760. The zero-order chi connectivity index (χ0) is 20.6. The van der Waals surface area contributed by atoms with E-state index in [2.05, 4.69) is 6.92 Å². The van der Waals surface area contributed by atoms with Crippen LogP contribution in [0.3, 0.4) is 0 Å². The van der Waals surface area contributed by atoms with Gasteiger partial charge >= 0.3 is 5.97 Å². The number of carboxylic acid groups (broad SMARTS) is 1. The van der Waals surface area contributed by atoms with Gasteiger partial charge in [0.05, 0.1) is 12.2 Å². The van der Waals surface area contributed by atoms with E-state index < -0.39 is 12.1 Å². The van der Waals surface area contributed by atoms with E-state index in [-0.39, 0.29) is 42.0 Å². The summed E-state index contributed by atoms with van der Waals surface area (Å²) < 4.78 is 0. The molecule has 0 aliphatic heterocycles. The molecule has 0 aromatic carbocycles. The molecule has 0 aromatic rings. The molecule has 0 radical (unpaired) electrons. The second-order valence-corrected chi connectivity index (χ2v) is 8.91. The van der Waals surface area contributed by atoms with Gasteiger partial charge in [-0.2, -0.15) is 0 Å². The van der Waals surface area contributed by atoms with Crippen LogP contribution in [0.4, 0.5) is 0 Å². The molecule has 0 amide bonds. The summed E-state index contributed by atoms with van der Waals surface area (Å²) in [5.74, 6) is -0.919. The van der Waals surface area contributed by atoms with Gasteiger partial charge in [-0.3, -0.25) is 9.59 Å². The quantitative estimate of drug-likeness (QED) is 0.320. The number of Topliss-reactive ketones (excluding diaryl/α,β-unsaturated/α-hetero) is 1. The van der Waals surface area contributed by atoms with Crippen LogP contribution < -0.4 is 0 Å². The maximum absolute atomic E-state index is 12.3. The molecule has 0 saturated heterocycles. The van der Waals surface area contributed by atoms with E-state index >= 15 is 0 Å². The van der Waals surface area contributed by atoms with Gasteiger partial charge in [-0.15, -0.1) is 0 Å². The maximum atomic E-state index is 12.3. The van der Waals surface area contributed by atoms with Crippen LogP contribution in [-0.2, 0) is 9.59 Å². The third-order valence-electron chi connectivity index (χ3n) is 6.91. The van der Waals surface area contributed by atoms with Crippen molar-refractivity contribution < 1.29 is 24.9 Å². The summed E-state index contributed by atoms with van der Waals surface area (Å²) >= 11 is 0. The minimum Gasteiger partial charge on any atom is -0.481 e. The van der Waals surface area contributed by atoms with Crippen molar-refractivity contribution in [1.29, 1.82) is 0 Å². The van der Waals surface area contributed by atoms with Crippen LogP contribution in [0.15, 0.2) is 12.2 Å². The van der Waals surface area contributed by atoms with Crippen LogP contribution in [0.1, 0.15) is 90.4 Å². The Labute approximate surface area is 169 Å².